The Morgan fingerprint density at radius 1 is 1.50 bits per heavy atom. The molecule has 6 heteroatoms. The molecule has 0 aromatic carbocycles. The predicted molar refractivity (Wildman–Crippen MR) is 74.9 cm³/mol. The van der Waals surface area contributed by atoms with Gasteiger partial charge in [-0.25, -0.2) is 4.98 Å². The van der Waals surface area contributed by atoms with E-state index in [4.69, 9.17) is 0 Å². The van der Waals surface area contributed by atoms with Crippen molar-refractivity contribution in [2.75, 3.05) is 13.1 Å². The average Bonchev–Trinajstić information content (AvgIpc) is 2.92. The molecule has 0 saturated carbocycles. The minimum Gasteiger partial charge on any atom is -0.348 e. The summed E-state index contributed by atoms with van der Waals surface area (Å²) in [5.74, 6) is -0.355. The maximum Gasteiger partial charge on any atom is 0.270 e. The Hall–Kier alpha value is -2.21. The van der Waals surface area contributed by atoms with Crippen LogP contribution in [0.25, 0.3) is 5.65 Å². The van der Waals surface area contributed by atoms with Gasteiger partial charge in [0.25, 0.3) is 11.5 Å². The Morgan fingerprint density at radius 2 is 2.35 bits per heavy atom. The van der Waals surface area contributed by atoms with E-state index < -0.39 is 0 Å². The van der Waals surface area contributed by atoms with Crippen LogP contribution in [0.3, 0.4) is 0 Å². The van der Waals surface area contributed by atoms with E-state index in [0.29, 0.717) is 5.65 Å². The molecule has 0 bridgehead atoms. The largest absolute Gasteiger partial charge is 0.348 e. The van der Waals surface area contributed by atoms with Gasteiger partial charge in [-0.1, -0.05) is 6.07 Å². The van der Waals surface area contributed by atoms with Crippen molar-refractivity contribution in [2.45, 2.75) is 19.4 Å². The summed E-state index contributed by atoms with van der Waals surface area (Å²) in [6.45, 7) is 3.52. The van der Waals surface area contributed by atoms with Crippen LogP contribution in [-0.2, 0) is 0 Å². The number of aromatic nitrogens is 2. The van der Waals surface area contributed by atoms with Crippen LogP contribution in [0, 0.1) is 6.92 Å². The van der Waals surface area contributed by atoms with Gasteiger partial charge in [-0.2, -0.15) is 0 Å². The van der Waals surface area contributed by atoms with E-state index in [0.717, 1.165) is 25.1 Å². The van der Waals surface area contributed by atoms with Crippen LogP contribution >= 0.6 is 0 Å². The second-order valence-corrected chi connectivity index (χ2v) is 5.07. The van der Waals surface area contributed by atoms with Crippen molar-refractivity contribution in [2.24, 2.45) is 0 Å². The highest BCUT2D eigenvalue weighted by Gasteiger charge is 2.20. The summed E-state index contributed by atoms with van der Waals surface area (Å²) in [4.78, 5) is 28.7. The Kier molecular flexibility index (Phi) is 3.23. The van der Waals surface area contributed by atoms with Gasteiger partial charge in [0.1, 0.15) is 11.2 Å². The number of amides is 1. The van der Waals surface area contributed by atoms with E-state index in [9.17, 15) is 9.59 Å². The monoisotopic (exact) mass is 272 g/mol. The molecule has 1 atom stereocenters. The number of pyridine rings is 1. The second-order valence-electron chi connectivity index (χ2n) is 5.07. The summed E-state index contributed by atoms with van der Waals surface area (Å²) in [6, 6.07) is 3.73. The van der Waals surface area contributed by atoms with Gasteiger partial charge in [-0.3, -0.25) is 14.0 Å². The van der Waals surface area contributed by atoms with Gasteiger partial charge in [0, 0.05) is 25.0 Å². The van der Waals surface area contributed by atoms with E-state index in [-0.39, 0.29) is 23.1 Å². The first-order valence-electron chi connectivity index (χ1n) is 6.65. The molecule has 1 aliphatic heterocycles. The molecule has 20 heavy (non-hydrogen) atoms. The molecular formula is C14H16N4O2. The highest BCUT2D eigenvalue weighted by atomic mass is 16.2. The molecule has 3 rings (SSSR count). The molecule has 1 fully saturated rings. The minimum absolute atomic E-state index is 0.0833. The number of carbonyl (C=O) groups excluding carboxylic acids is 1. The fourth-order valence-electron chi connectivity index (χ4n) is 2.38. The van der Waals surface area contributed by atoms with Gasteiger partial charge in [0.15, 0.2) is 0 Å². The van der Waals surface area contributed by atoms with Crippen molar-refractivity contribution >= 4 is 11.6 Å². The lowest BCUT2D eigenvalue weighted by Gasteiger charge is -2.11. The van der Waals surface area contributed by atoms with Gasteiger partial charge in [0.05, 0.1) is 0 Å². The molecule has 0 spiro atoms. The number of nitrogens with one attached hydrogen (secondary N) is 2. The van der Waals surface area contributed by atoms with Gasteiger partial charge >= 0.3 is 0 Å². The standard InChI is InChI=1S/C14H16N4O2/c1-9-2-3-12-16-7-11(14(20)18(12)8-9)13(19)17-10-4-5-15-6-10/h2-3,7-8,10,15H,4-6H2,1H3,(H,17,19). The molecule has 1 amide bonds. The van der Waals surface area contributed by atoms with Crippen LogP contribution in [0.2, 0.25) is 0 Å². The van der Waals surface area contributed by atoms with E-state index in [1.54, 1.807) is 12.3 Å². The number of hydrogen-bond acceptors (Lipinski definition) is 4. The van der Waals surface area contributed by atoms with Crippen molar-refractivity contribution in [3.8, 4) is 0 Å². The molecule has 1 aliphatic rings. The average molecular weight is 272 g/mol. The zero-order valence-corrected chi connectivity index (χ0v) is 11.2. The Morgan fingerprint density at radius 3 is 3.10 bits per heavy atom. The maximum atomic E-state index is 12.3. The molecule has 0 radical (unpaired) electrons. The first-order chi connectivity index (χ1) is 9.65. The zero-order chi connectivity index (χ0) is 14.1. The van der Waals surface area contributed by atoms with E-state index >= 15 is 0 Å². The van der Waals surface area contributed by atoms with Crippen LogP contribution in [0.15, 0.2) is 29.3 Å². The van der Waals surface area contributed by atoms with Crippen LogP contribution in [0.5, 0.6) is 0 Å². The Labute approximate surface area is 115 Å². The lowest BCUT2D eigenvalue weighted by Crippen LogP contribution is -2.39. The van der Waals surface area contributed by atoms with Crippen molar-refractivity contribution < 1.29 is 4.79 Å². The summed E-state index contributed by atoms with van der Waals surface area (Å²) in [6.07, 6.45) is 3.93. The fourth-order valence-corrected chi connectivity index (χ4v) is 2.38. The van der Waals surface area contributed by atoms with Crippen molar-refractivity contribution in [3.05, 3.63) is 46.0 Å². The quantitative estimate of drug-likeness (QED) is 0.812. The molecule has 2 aromatic heterocycles. The maximum absolute atomic E-state index is 12.3. The summed E-state index contributed by atoms with van der Waals surface area (Å²) in [5, 5.41) is 6.03. The zero-order valence-electron chi connectivity index (χ0n) is 11.2. The number of fused-ring (bicyclic) bond motifs is 1. The molecule has 1 unspecified atom stereocenters. The molecule has 6 nitrogen and oxygen atoms in total. The Bertz CT molecular complexity index is 717. The summed E-state index contributed by atoms with van der Waals surface area (Å²) >= 11 is 0. The Balaban J connectivity index is 1.96. The lowest BCUT2D eigenvalue weighted by atomic mass is 10.2. The third-order valence-corrected chi connectivity index (χ3v) is 3.49. The highest BCUT2D eigenvalue weighted by molar-refractivity contribution is 5.94. The van der Waals surface area contributed by atoms with Crippen LogP contribution in [0.1, 0.15) is 22.3 Å². The third kappa shape index (κ3) is 2.30. The van der Waals surface area contributed by atoms with E-state index in [1.165, 1.54) is 10.6 Å². The van der Waals surface area contributed by atoms with Gasteiger partial charge in [-0.05, 0) is 31.5 Å². The topological polar surface area (TPSA) is 75.5 Å². The van der Waals surface area contributed by atoms with Gasteiger partial charge in [0.2, 0.25) is 0 Å². The van der Waals surface area contributed by atoms with Crippen molar-refractivity contribution in [1.82, 2.24) is 20.0 Å². The van der Waals surface area contributed by atoms with Gasteiger partial charge < -0.3 is 10.6 Å². The van der Waals surface area contributed by atoms with Crippen molar-refractivity contribution in [3.63, 3.8) is 0 Å². The molecule has 3 heterocycles. The summed E-state index contributed by atoms with van der Waals surface area (Å²) in [7, 11) is 0. The van der Waals surface area contributed by atoms with Crippen LogP contribution < -0.4 is 16.2 Å². The molecule has 1 saturated heterocycles. The SMILES string of the molecule is Cc1ccc2ncc(C(=O)NC3CCNC3)c(=O)n2c1. The summed E-state index contributed by atoms with van der Waals surface area (Å²) < 4.78 is 1.41. The molecule has 2 N–H and O–H groups in total. The smallest absolute Gasteiger partial charge is 0.270 e. The molecular weight excluding hydrogens is 256 g/mol. The predicted octanol–water partition coefficient (Wildman–Crippen LogP) is 0.0946. The number of hydrogen-bond donors (Lipinski definition) is 2. The lowest BCUT2D eigenvalue weighted by molar-refractivity contribution is 0.0938. The molecule has 104 valence electrons. The molecule has 2 aromatic rings. The van der Waals surface area contributed by atoms with Crippen LogP contribution in [0.4, 0.5) is 0 Å². The number of aryl methyl sites for hydroxylation is 1. The first kappa shape index (κ1) is 12.8. The van der Waals surface area contributed by atoms with Crippen molar-refractivity contribution in [1.29, 1.82) is 0 Å². The summed E-state index contributed by atoms with van der Waals surface area (Å²) in [5.41, 5.74) is 1.24. The van der Waals surface area contributed by atoms with Crippen LogP contribution in [-0.4, -0.2) is 34.4 Å². The minimum atomic E-state index is -0.355. The molecule has 0 aliphatic carbocycles. The number of nitrogens with zero attached hydrogens (tertiary/aromatic N) is 2. The van der Waals surface area contributed by atoms with E-state index in [2.05, 4.69) is 15.6 Å². The van der Waals surface area contributed by atoms with Gasteiger partial charge in [-0.15, -0.1) is 0 Å². The normalized spacial score (nSPS) is 18.4. The number of rotatable bonds is 2. The third-order valence-electron chi connectivity index (χ3n) is 3.49. The fraction of sp³-hybridized carbons (Fsp3) is 0.357. The van der Waals surface area contributed by atoms with E-state index in [1.807, 2.05) is 13.0 Å². The number of carbonyl (C=O) groups is 1. The second kappa shape index (κ2) is 5.05. The first-order valence-corrected chi connectivity index (χ1v) is 6.65. The highest BCUT2D eigenvalue weighted by Crippen LogP contribution is 2.03.